The number of thiocarbonyl (C=S) groups is 1. The van der Waals surface area contributed by atoms with E-state index in [0.29, 0.717) is 5.75 Å². The van der Waals surface area contributed by atoms with E-state index in [9.17, 15) is 0 Å². The van der Waals surface area contributed by atoms with Crippen LogP contribution in [0.3, 0.4) is 0 Å². The van der Waals surface area contributed by atoms with Crippen LogP contribution in [0.1, 0.15) is 26.3 Å². The summed E-state index contributed by atoms with van der Waals surface area (Å²) in [5.41, 5.74) is 0.891. The highest BCUT2D eigenvalue weighted by Gasteiger charge is 2.13. The number of ether oxygens (including phenoxy) is 1. The maximum Gasteiger partial charge on any atom is 0.100 e. The van der Waals surface area contributed by atoms with Gasteiger partial charge in [-0.25, -0.2) is 0 Å². The summed E-state index contributed by atoms with van der Waals surface area (Å²) in [5.74, 6) is 1.46. The average molecular weight is 266 g/mol. The Morgan fingerprint density at radius 1 is 1.29 bits per heavy atom. The lowest BCUT2D eigenvalue weighted by Crippen LogP contribution is -2.19. The molecule has 1 aromatic carbocycles. The molecule has 0 bridgehead atoms. The van der Waals surface area contributed by atoms with E-state index >= 15 is 0 Å². The zero-order valence-corrected chi connectivity index (χ0v) is 12.2. The van der Waals surface area contributed by atoms with Crippen molar-refractivity contribution in [2.24, 2.45) is 0 Å². The van der Waals surface area contributed by atoms with Gasteiger partial charge >= 0.3 is 0 Å². The molecule has 0 radical (unpaired) electrons. The largest absolute Gasteiger partial charge is 0.492 e. The van der Waals surface area contributed by atoms with Gasteiger partial charge in [-0.15, -0.1) is 11.8 Å². The van der Waals surface area contributed by atoms with Gasteiger partial charge in [-0.3, -0.25) is 0 Å². The Morgan fingerprint density at radius 2 is 1.88 bits per heavy atom. The zero-order valence-electron chi connectivity index (χ0n) is 10.5. The van der Waals surface area contributed by atoms with Gasteiger partial charge in [-0.2, -0.15) is 0 Å². The van der Waals surface area contributed by atoms with E-state index in [0.717, 1.165) is 15.5 Å². The van der Waals surface area contributed by atoms with E-state index in [1.807, 2.05) is 51.1 Å². The number of hydrogen-bond donors (Lipinski definition) is 0. The van der Waals surface area contributed by atoms with Crippen molar-refractivity contribution in [3.8, 4) is 0 Å². The van der Waals surface area contributed by atoms with E-state index in [1.54, 1.807) is 11.8 Å². The predicted octanol–water partition coefficient (Wildman–Crippen LogP) is 4.42. The van der Waals surface area contributed by atoms with Gasteiger partial charge in [0.15, 0.2) is 0 Å². The number of rotatable bonds is 4. The first kappa shape index (κ1) is 14.3. The first-order chi connectivity index (χ1) is 7.88. The quantitative estimate of drug-likeness (QED) is 0.589. The second kappa shape index (κ2) is 6.22. The molecular formula is C14H18OS2. The number of thioether (sulfide) groups is 1. The van der Waals surface area contributed by atoms with Crippen molar-refractivity contribution >= 4 is 28.2 Å². The molecule has 0 aliphatic carbocycles. The molecular weight excluding hydrogens is 248 g/mol. The molecule has 0 heterocycles. The summed E-state index contributed by atoms with van der Waals surface area (Å²) >= 11 is 6.93. The molecule has 92 valence electrons. The maximum atomic E-state index is 5.65. The van der Waals surface area contributed by atoms with Crippen molar-refractivity contribution < 1.29 is 4.74 Å². The van der Waals surface area contributed by atoms with Gasteiger partial charge in [0.05, 0.1) is 15.7 Å². The topological polar surface area (TPSA) is 9.23 Å². The van der Waals surface area contributed by atoms with E-state index in [4.69, 9.17) is 17.0 Å². The minimum atomic E-state index is -0.188. The van der Waals surface area contributed by atoms with Crippen LogP contribution < -0.4 is 0 Å². The molecule has 0 saturated carbocycles. The highest BCUT2D eigenvalue weighted by atomic mass is 32.2. The van der Waals surface area contributed by atoms with Crippen LogP contribution in [-0.4, -0.2) is 15.6 Å². The zero-order chi connectivity index (χ0) is 12.9. The average Bonchev–Trinajstić information content (AvgIpc) is 2.25. The van der Waals surface area contributed by atoms with Crippen molar-refractivity contribution in [1.82, 2.24) is 0 Å². The lowest BCUT2D eigenvalue weighted by Gasteiger charge is -2.22. The smallest absolute Gasteiger partial charge is 0.100 e. The van der Waals surface area contributed by atoms with Crippen LogP contribution in [0.4, 0.5) is 0 Å². The van der Waals surface area contributed by atoms with Gasteiger partial charge < -0.3 is 4.74 Å². The third-order valence-electron chi connectivity index (χ3n) is 1.82. The van der Waals surface area contributed by atoms with Crippen LogP contribution >= 0.6 is 24.0 Å². The molecule has 0 aliphatic heterocycles. The molecule has 3 heteroatoms. The van der Waals surface area contributed by atoms with Gasteiger partial charge in [-0.05, 0) is 26.3 Å². The van der Waals surface area contributed by atoms with Crippen LogP contribution in [0.25, 0.3) is 0 Å². The standard InChI is InChI=1S/C14H18OS2/c1-11(15-14(2,3)4)10-17-13(16)12-8-6-5-7-9-12/h5-9H,1,10H2,2-4H3. The molecule has 0 N–H and O–H groups in total. The summed E-state index contributed by atoms with van der Waals surface area (Å²) in [7, 11) is 0. The van der Waals surface area contributed by atoms with Crippen LogP contribution in [0.15, 0.2) is 42.7 Å². The van der Waals surface area contributed by atoms with E-state index in [-0.39, 0.29) is 5.60 Å². The van der Waals surface area contributed by atoms with Crippen molar-refractivity contribution in [1.29, 1.82) is 0 Å². The maximum absolute atomic E-state index is 5.65. The van der Waals surface area contributed by atoms with Crippen LogP contribution in [0.5, 0.6) is 0 Å². The fourth-order valence-electron chi connectivity index (χ4n) is 1.27. The Hall–Kier alpha value is -0.800. The minimum Gasteiger partial charge on any atom is -0.492 e. The van der Waals surface area contributed by atoms with Crippen molar-refractivity contribution in [3.05, 3.63) is 48.2 Å². The van der Waals surface area contributed by atoms with Gasteiger partial charge in [-0.1, -0.05) is 49.1 Å². The number of benzene rings is 1. The molecule has 0 aliphatic rings. The van der Waals surface area contributed by atoms with Crippen molar-refractivity contribution in [3.63, 3.8) is 0 Å². The minimum absolute atomic E-state index is 0.188. The highest BCUT2D eigenvalue weighted by molar-refractivity contribution is 8.23. The molecule has 1 rings (SSSR count). The summed E-state index contributed by atoms with van der Waals surface area (Å²) in [6, 6.07) is 10.00. The van der Waals surface area contributed by atoms with Crippen LogP contribution in [0, 0.1) is 0 Å². The Bertz CT molecular complexity index is 390. The lowest BCUT2D eigenvalue weighted by molar-refractivity contribution is 0.0555. The van der Waals surface area contributed by atoms with E-state index in [2.05, 4.69) is 6.58 Å². The third-order valence-corrected chi connectivity index (χ3v) is 3.38. The van der Waals surface area contributed by atoms with Crippen molar-refractivity contribution in [2.45, 2.75) is 26.4 Å². The highest BCUT2D eigenvalue weighted by Crippen LogP contribution is 2.20. The molecule has 0 spiro atoms. The Morgan fingerprint density at radius 3 is 2.41 bits per heavy atom. The van der Waals surface area contributed by atoms with Gasteiger partial charge in [0.25, 0.3) is 0 Å². The van der Waals surface area contributed by atoms with Crippen LogP contribution in [-0.2, 0) is 4.74 Å². The molecule has 17 heavy (non-hydrogen) atoms. The SMILES string of the molecule is C=C(CSC(=S)c1ccccc1)OC(C)(C)C. The Kier molecular flexibility index (Phi) is 5.22. The first-order valence-corrected chi connectivity index (χ1v) is 6.87. The summed E-state index contributed by atoms with van der Waals surface area (Å²) < 4.78 is 6.53. The fraction of sp³-hybridized carbons (Fsp3) is 0.357. The van der Waals surface area contributed by atoms with Crippen LogP contribution in [0.2, 0.25) is 0 Å². The molecule has 0 aromatic heterocycles. The molecule has 0 unspecified atom stereocenters. The third kappa shape index (κ3) is 5.89. The summed E-state index contributed by atoms with van der Waals surface area (Å²) in [5, 5.41) is 0. The van der Waals surface area contributed by atoms with E-state index < -0.39 is 0 Å². The fourth-order valence-corrected chi connectivity index (χ4v) is 2.23. The number of hydrogen-bond acceptors (Lipinski definition) is 3. The molecule has 1 nitrogen and oxygen atoms in total. The second-order valence-corrected chi connectivity index (χ2v) is 6.35. The summed E-state index contributed by atoms with van der Waals surface area (Å²) in [6.45, 7) is 9.94. The summed E-state index contributed by atoms with van der Waals surface area (Å²) in [4.78, 5) is 0. The van der Waals surface area contributed by atoms with Gasteiger partial charge in [0.2, 0.25) is 0 Å². The van der Waals surface area contributed by atoms with Gasteiger partial charge in [0, 0.05) is 0 Å². The Labute approximate surface area is 113 Å². The van der Waals surface area contributed by atoms with E-state index in [1.165, 1.54) is 0 Å². The first-order valence-electron chi connectivity index (χ1n) is 5.47. The molecule has 1 aromatic rings. The summed E-state index contributed by atoms with van der Waals surface area (Å²) in [6.07, 6.45) is 0. The Balaban J connectivity index is 2.42. The lowest BCUT2D eigenvalue weighted by atomic mass is 10.2. The molecule has 0 atom stereocenters. The monoisotopic (exact) mass is 266 g/mol. The molecule has 0 saturated heterocycles. The normalized spacial score (nSPS) is 11.0. The van der Waals surface area contributed by atoms with Crippen molar-refractivity contribution in [2.75, 3.05) is 5.75 Å². The molecule has 0 amide bonds. The second-order valence-electron chi connectivity index (χ2n) is 4.70. The predicted molar refractivity (Wildman–Crippen MR) is 80.6 cm³/mol. The van der Waals surface area contributed by atoms with Gasteiger partial charge in [0.1, 0.15) is 5.60 Å². The molecule has 0 fully saturated rings.